The monoisotopic (exact) mass is 516 g/mol. The highest BCUT2D eigenvalue weighted by atomic mass is 16.5. The van der Waals surface area contributed by atoms with E-state index in [1.807, 2.05) is 84.9 Å². The second kappa shape index (κ2) is 8.89. The molecule has 1 aliphatic carbocycles. The Labute approximate surface area is 232 Å². The molecule has 40 heavy (non-hydrogen) atoms. The van der Waals surface area contributed by atoms with Gasteiger partial charge in [-0.25, -0.2) is 0 Å². The van der Waals surface area contributed by atoms with Crippen molar-refractivity contribution >= 4 is 0 Å². The third-order valence-corrected chi connectivity index (χ3v) is 7.84. The van der Waals surface area contributed by atoms with Gasteiger partial charge < -0.3 is 14.2 Å². The molecule has 0 amide bonds. The smallest absolute Gasteiger partial charge is 0.135 e. The third-order valence-electron chi connectivity index (χ3n) is 7.84. The summed E-state index contributed by atoms with van der Waals surface area (Å²) in [6.07, 6.45) is 0. The van der Waals surface area contributed by atoms with Gasteiger partial charge in [-0.05, 0) is 58.7 Å². The molecule has 0 bridgehead atoms. The van der Waals surface area contributed by atoms with Gasteiger partial charge in [-0.3, -0.25) is 0 Å². The van der Waals surface area contributed by atoms with Crippen molar-refractivity contribution in [3.8, 4) is 45.6 Å². The summed E-state index contributed by atoms with van der Waals surface area (Å²) < 4.78 is 19.1. The second-order valence-electron chi connectivity index (χ2n) is 10.1. The predicted molar refractivity (Wildman–Crippen MR) is 157 cm³/mol. The molecule has 1 heterocycles. The first-order valence-corrected chi connectivity index (χ1v) is 13.4. The molecule has 190 valence electrons. The van der Waals surface area contributed by atoms with Crippen LogP contribution in [-0.4, -0.2) is 0 Å². The number of ether oxygens (including phenoxy) is 3. The van der Waals surface area contributed by atoms with Gasteiger partial charge in [0.15, 0.2) is 0 Å². The Hall–Kier alpha value is -5.28. The lowest BCUT2D eigenvalue weighted by Gasteiger charge is -2.39. The van der Waals surface area contributed by atoms with Gasteiger partial charge in [0.05, 0.1) is 5.41 Å². The quantitative estimate of drug-likeness (QED) is 0.233. The van der Waals surface area contributed by atoms with Crippen molar-refractivity contribution in [2.24, 2.45) is 0 Å². The summed E-state index contributed by atoms with van der Waals surface area (Å²) in [6.45, 7) is 0. The molecule has 6 aromatic carbocycles. The molecule has 0 atom stereocenters. The van der Waals surface area contributed by atoms with Crippen LogP contribution in [-0.2, 0) is 5.41 Å². The lowest BCUT2D eigenvalue weighted by molar-refractivity contribution is 0.420. The zero-order chi connectivity index (χ0) is 26.5. The molecule has 0 unspecified atom stereocenters. The van der Waals surface area contributed by atoms with Crippen molar-refractivity contribution in [3.05, 3.63) is 168 Å². The molecule has 0 saturated heterocycles. The minimum Gasteiger partial charge on any atom is -0.457 e. The van der Waals surface area contributed by atoms with Gasteiger partial charge in [-0.2, -0.15) is 0 Å². The number of benzene rings is 6. The van der Waals surface area contributed by atoms with Gasteiger partial charge in [0.1, 0.15) is 34.5 Å². The summed E-state index contributed by atoms with van der Waals surface area (Å²) in [5.74, 6) is 4.54. The van der Waals surface area contributed by atoms with Gasteiger partial charge in [0, 0.05) is 23.3 Å². The fourth-order valence-corrected chi connectivity index (χ4v) is 6.25. The van der Waals surface area contributed by atoms with Crippen molar-refractivity contribution in [3.63, 3.8) is 0 Å². The van der Waals surface area contributed by atoms with Crippen molar-refractivity contribution in [1.29, 1.82) is 0 Å². The summed E-state index contributed by atoms with van der Waals surface area (Å²) in [5.41, 5.74) is 6.62. The Morgan fingerprint density at radius 3 is 1.27 bits per heavy atom. The number of hydrogen-bond acceptors (Lipinski definition) is 3. The topological polar surface area (TPSA) is 27.7 Å². The lowest BCUT2D eigenvalue weighted by atomic mass is 9.66. The first-order chi connectivity index (χ1) is 19.8. The van der Waals surface area contributed by atoms with Crippen molar-refractivity contribution in [2.45, 2.75) is 5.41 Å². The van der Waals surface area contributed by atoms with Crippen LogP contribution in [0.5, 0.6) is 34.5 Å². The fraction of sp³-hybridized carbons (Fsp3) is 0.0270. The molecule has 0 fully saturated rings. The molecule has 1 aliphatic heterocycles. The van der Waals surface area contributed by atoms with Gasteiger partial charge in [0.25, 0.3) is 0 Å². The van der Waals surface area contributed by atoms with Crippen molar-refractivity contribution in [2.75, 3.05) is 0 Å². The normalized spacial score (nSPS) is 13.4. The number of fused-ring (bicyclic) bond motifs is 9. The zero-order valence-electron chi connectivity index (χ0n) is 21.6. The SMILES string of the molecule is c1ccc(Oc2ccc3c(c2)Oc2cc(Oc4ccccc4)ccc2C32c3ccccc3-c3ccccc32)cc1. The maximum absolute atomic E-state index is 6.69. The van der Waals surface area contributed by atoms with Crippen molar-refractivity contribution in [1.82, 2.24) is 0 Å². The standard InChI is InChI=1S/C37H24O3/c1-3-11-25(12-4-1)38-27-19-21-33-35(23-27)40-36-24-28(39-26-13-5-2-6-14-26)20-22-34(36)37(33)31-17-9-7-15-29(31)30-16-8-10-18-32(30)37/h1-24H. The molecule has 2 aliphatic rings. The van der Waals surface area contributed by atoms with Crippen LogP contribution in [0.2, 0.25) is 0 Å². The molecule has 0 aromatic heterocycles. The van der Waals surface area contributed by atoms with Crippen LogP contribution in [0.1, 0.15) is 22.3 Å². The van der Waals surface area contributed by atoms with Crippen LogP contribution >= 0.6 is 0 Å². The minimum atomic E-state index is -0.535. The van der Waals surface area contributed by atoms with Gasteiger partial charge >= 0.3 is 0 Å². The first-order valence-electron chi connectivity index (χ1n) is 13.4. The first kappa shape index (κ1) is 22.7. The highest BCUT2D eigenvalue weighted by molar-refractivity contribution is 5.88. The number of para-hydroxylation sites is 2. The maximum Gasteiger partial charge on any atom is 0.135 e. The Kier molecular flexibility index (Phi) is 5.04. The molecule has 0 saturated carbocycles. The summed E-state index contributed by atoms with van der Waals surface area (Å²) >= 11 is 0. The van der Waals surface area contributed by atoms with Crippen LogP contribution in [0.3, 0.4) is 0 Å². The third kappa shape index (κ3) is 3.38. The van der Waals surface area contributed by atoms with E-state index in [-0.39, 0.29) is 0 Å². The average molecular weight is 517 g/mol. The summed E-state index contributed by atoms with van der Waals surface area (Å²) in [5, 5.41) is 0. The molecule has 1 spiro atoms. The average Bonchev–Trinajstić information content (AvgIpc) is 3.29. The van der Waals surface area contributed by atoms with E-state index in [2.05, 4.69) is 60.7 Å². The van der Waals surface area contributed by atoms with E-state index in [1.54, 1.807) is 0 Å². The molecule has 3 heteroatoms. The molecule has 0 radical (unpaired) electrons. The van der Waals surface area contributed by atoms with E-state index in [4.69, 9.17) is 14.2 Å². The van der Waals surface area contributed by atoms with E-state index in [9.17, 15) is 0 Å². The highest BCUT2D eigenvalue weighted by Crippen LogP contribution is 2.62. The van der Waals surface area contributed by atoms with Crippen molar-refractivity contribution < 1.29 is 14.2 Å². The van der Waals surface area contributed by atoms with E-state index >= 15 is 0 Å². The predicted octanol–water partition coefficient (Wildman–Crippen LogP) is 9.74. The number of hydrogen-bond donors (Lipinski definition) is 0. The molecule has 8 rings (SSSR count). The van der Waals surface area contributed by atoms with E-state index in [1.165, 1.54) is 22.3 Å². The largest absolute Gasteiger partial charge is 0.457 e. The molecule has 0 N–H and O–H groups in total. The molecule has 6 aromatic rings. The van der Waals surface area contributed by atoms with Crippen LogP contribution < -0.4 is 14.2 Å². The summed E-state index contributed by atoms with van der Waals surface area (Å²) in [7, 11) is 0. The molecule has 3 nitrogen and oxygen atoms in total. The summed E-state index contributed by atoms with van der Waals surface area (Å²) in [4.78, 5) is 0. The Balaban J connectivity index is 1.35. The Morgan fingerprint density at radius 2 is 0.800 bits per heavy atom. The van der Waals surface area contributed by atoms with Crippen LogP contribution in [0, 0.1) is 0 Å². The summed E-state index contributed by atoms with van der Waals surface area (Å²) in [6, 6.07) is 49.5. The minimum absolute atomic E-state index is 0.535. The Morgan fingerprint density at radius 1 is 0.375 bits per heavy atom. The molecular weight excluding hydrogens is 492 g/mol. The second-order valence-corrected chi connectivity index (χ2v) is 10.1. The molecular formula is C37H24O3. The fourth-order valence-electron chi connectivity index (χ4n) is 6.25. The van der Waals surface area contributed by atoms with Gasteiger partial charge in [0.2, 0.25) is 0 Å². The maximum atomic E-state index is 6.69. The zero-order valence-corrected chi connectivity index (χ0v) is 21.6. The van der Waals surface area contributed by atoms with Crippen LogP contribution in [0.25, 0.3) is 11.1 Å². The van der Waals surface area contributed by atoms with Crippen LogP contribution in [0.4, 0.5) is 0 Å². The van der Waals surface area contributed by atoms with E-state index in [0.717, 1.165) is 45.6 Å². The van der Waals surface area contributed by atoms with E-state index < -0.39 is 5.41 Å². The van der Waals surface area contributed by atoms with E-state index in [0.29, 0.717) is 0 Å². The highest BCUT2D eigenvalue weighted by Gasteiger charge is 2.51. The van der Waals surface area contributed by atoms with Gasteiger partial charge in [-0.15, -0.1) is 0 Å². The lowest BCUT2D eigenvalue weighted by Crippen LogP contribution is -2.32. The van der Waals surface area contributed by atoms with Gasteiger partial charge in [-0.1, -0.05) is 97.1 Å². The Bertz CT molecular complexity index is 1740. The van der Waals surface area contributed by atoms with Crippen LogP contribution in [0.15, 0.2) is 146 Å². The number of rotatable bonds is 4.